The molecule has 1 aliphatic heterocycles. The average Bonchev–Trinajstić information content (AvgIpc) is 3.35. The van der Waals surface area contributed by atoms with Crippen LogP contribution >= 0.6 is 0 Å². The molecular formula is C27H25NO4S. The van der Waals surface area contributed by atoms with E-state index in [4.69, 9.17) is 9.15 Å². The summed E-state index contributed by atoms with van der Waals surface area (Å²) in [7, 11) is -3.75. The molecule has 33 heavy (non-hydrogen) atoms. The van der Waals surface area contributed by atoms with E-state index < -0.39 is 21.7 Å². The summed E-state index contributed by atoms with van der Waals surface area (Å²) in [5.41, 5.74) is 1.92. The lowest BCUT2D eigenvalue weighted by Gasteiger charge is -2.54. The Balaban J connectivity index is 1.58. The molecule has 168 valence electrons. The molecule has 0 radical (unpaired) electrons. The Morgan fingerprint density at radius 1 is 0.909 bits per heavy atom. The highest BCUT2D eigenvalue weighted by Gasteiger charge is 2.61. The first kappa shape index (κ1) is 21.6. The average molecular weight is 460 g/mol. The molecule has 6 heteroatoms. The highest BCUT2D eigenvalue weighted by molar-refractivity contribution is 7.89. The van der Waals surface area contributed by atoms with Crippen molar-refractivity contribution in [1.29, 1.82) is 0 Å². The highest BCUT2D eigenvalue weighted by atomic mass is 32.2. The largest absolute Gasteiger partial charge is 0.466 e. The Kier molecular flexibility index (Phi) is 5.66. The summed E-state index contributed by atoms with van der Waals surface area (Å²) in [5, 5.41) is 0. The lowest BCUT2D eigenvalue weighted by molar-refractivity contribution is -0.186. The van der Waals surface area contributed by atoms with Gasteiger partial charge in [0.2, 0.25) is 10.0 Å². The highest BCUT2D eigenvalue weighted by Crippen LogP contribution is 2.54. The maximum atomic E-state index is 13.7. The number of hydrogen-bond donors (Lipinski definition) is 0. The van der Waals surface area contributed by atoms with Gasteiger partial charge in [-0.3, -0.25) is 0 Å². The summed E-state index contributed by atoms with van der Waals surface area (Å²) in [6, 6.07) is 29.5. The van der Waals surface area contributed by atoms with E-state index in [1.54, 1.807) is 18.4 Å². The second-order valence-electron chi connectivity index (χ2n) is 8.32. The van der Waals surface area contributed by atoms with E-state index in [-0.39, 0.29) is 11.4 Å². The molecule has 1 aromatic heterocycles. The molecule has 3 aromatic carbocycles. The lowest BCUT2D eigenvalue weighted by Crippen LogP contribution is -2.64. The molecule has 0 saturated carbocycles. The van der Waals surface area contributed by atoms with Crippen LogP contribution in [0.5, 0.6) is 0 Å². The van der Waals surface area contributed by atoms with Crippen molar-refractivity contribution in [3.8, 4) is 0 Å². The molecule has 1 fully saturated rings. The number of ether oxygens (including phenoxy) is 1. The van der Waals surface area contributed by atoms with Crippen molar-refractivity contribution in [2.75, 3.05) is 6.54 Å². The molecule has 5 nitrogen and oxygen atoms in total. The number of nitrogens with zero attached hydrogens (tertiary/aromatic N) is 1. The minimum absolute atomic E-state index is 0.156. The number of furan rings is 1. The van der Waals surface area contributed by atoms with Gasteiger partial charge < -0.3 is 9.15 Å². The molecule has 0 bridgehead atoms. The van der Waals surface area contributed by atoms with E-state index in [1.807, 2.05) is 91.9 Å². The van der Waals surface area contributed by atoms with E-state index >= 15 is 0 Å². The fourth-order valence-electron chi connectivity index (χ4n) is 4.38. The van der Waals surface area contributed by atoms with Gasteiger partial charge in [0.05, 0.1) is 30.4 Å². The van der Waals surface area contributed by atoms with Crippen LogP contribution in [0.25, 0.3) is 0 Å². The third-order valence-corrected chi connectivity index (χ3v) is 7.97. The maximum absolute atomic E-state index is 13.7. The summed E-state index contributed by atoms with van der Waals surface area (Å²) >= 11 is 0. The first-order valence-electron chi connectivity index (χ1n) is 10.9. The first-order valence-corrected chi connectivity index (χ1v) is 12.3. The summed E-state index contributed by atoms with van der Waals surface area (Å²) in [5.74, 6) is 0.614. The Morgan fingerprint density at radius 3 is 2.21 bits per heavy atom. The SMILES string of the molecule is Cc1ccc(S(=O)(=O)N2C[C@](OCc3ccccc3)(c3ccco3)[C@@H]2c2ccccc2)cc1. The van der Waals surface area contributed by atoms with Gasteiger partial charge in [-0.2, -0.15) is 4.31 Å². The predicted octanol–water partition coefficient (Wildman–Crippen LogP) is 5.45. The van der Waals surface area contributed by atoms with Gasteiger partial charge in [0.1, 0.15) is 5.76 Å². The number of hydrogen-bond acceptors (Lipinski definition) is 4. The van der Waals surface area contributed by atoms with Gasteiger partial charge in [-0.25, -0.2) is 8.42 Å². The summed E-state index contributed by atoms with van der Waals surface area (Å²) in [6.07, 6.45) is 1.60. The van der Waals surface area contributed by atoms with E-state index in [0.717, 1.165) is 16.7 Å². The molecule has 0 unspecified atom stereocenters. The van der Waals surface area contributed by atoms with E-state index in [1.165, 1.54) is 4.31 Å². The molecule has 0 N–H and O–H groups in total. The fourth-order valence-corrected chi connectivity index (χ4v) is 6.07. The third-order valence-electron chi connectivity index (χ3n) is 6.14. The summed E-state index contributed by atoms with van der Waals surface area (Å²) < 4.78 is 41.2. The van der Waals surface area contributed by atoms with Crippen LogP contribution in [0.2, 0.25) is 0 Å². The molecular weight excluding hydrogens is 434 g/mol. The van der Waals surface area contributed by atoms with E-state index in [0.29, 0.717) is 12.4 Å². The van der Waals surface area contributed by atoms with Crippen LogP contribution in [0.15, 0.2) is 113 Å². The van der Waals surface area contributed by atoms with Gasteiger partial charge in [0, 0.05) is 0 Å². The Hall–Kier alpha value is -3.19. The summed E-state index contributed by atoms with van der Waals surface area (Å²) in [4.78, 5) is 0.269. The molecule has 5 rings (SSSR count). The van der Waals surface area contributed by atoms with E-state index in [2.05, 4.69) is 0 Å². The smallest absolute Gasteiger partial charge is 0.243 e. The molecule has 1 aliphatic rings. The van der Waals surface area contributed by atoms with Crippen molar-refractivity contribution in [2.45, 2.75) is 30.1 Å². The number of rotatable bonds is 7. The standard InChI is InChI=1S/C27H25NO4S/c1-21-14-16-24(17-15-21)33(29,30)28-20-27(25-13-8-18-31-25,26(28)23-11-6-3-7-12-23)32-19-22-9-4-2-5-10-22/h2-18,26H,19-20H2,1H3/t26-,27-/m0/s1. The van der Waals surface area contributed by atoms with Gasteiger partial charge >= 0.3 is 0 Å². The van der Waals surface area contributed by atoms with Crippen LogP contribution in [0.1, 0.15) is 28.5 Å². The second kappa shape index (κ2) is 8.63. The van der Waals surface area contributed by atoms with Crippen LogP contribution in [0.3, 0.4) is 0 Å². The van der Waals surface area contributed by atoms with Crippen molar-refractivity contribution in [3.63, 3.8) is 0 Å². The van der Waals surface area contributed by atoms with Gasteiger partial charge in [0.15, 0.2) is 5.60 Å². The molecule has 1 saturated heterocycles. The van der Waals surface area contributed by atoms with E-state index in [9.17, 15) is 8.42 Å². The number of sulfonamides is 1. The third kappa shape index (κ3) is 3.91. The molecule has 4 aromatic rings. The van der Waals surface area contributed by atoms with Crippen LogP contribution < -0.4 is 0 Å². The quantitative estimate of drug-likeness (QED) is 0.369. The maximum Gasteiger partial charge on any atom is 0.243 e. The fraction of sp³-hybridized carbons (Fsp3) is 0.185. The van der Waals surface area contributed by atoms with Gasteiger partial charge in [-0.15, -0.1) is 0 Å². The van der Waals surface area contributed by atoms with Gasteiger partial charge in [-0.1, -0.05) is 78.4 Å². The van der Waals surface area contributed by atoms with Crippen molar-refractivity contribution in [2.24, 2.45) is 0 Å². The first-order chi connectivity index (χ1) is 16.0. The second-order valence-corrected chi connectivity index (χ2v) is 10.2. The van der Waals surface area contributed by atoms with Crippen LogP contribution in [-0.4, -0.2) is 19.3 Å². The molecule has 0 spiro atoms. The van der Waals surface area contributed by atoms with Gasteiger partial charge in [0.25, 0.3) is 0 Å². The van der Waals surface area contributed by atoms with Crippen LogP contribution in [0, 0.1) is 6.92 Å². The Labute approximate surface area is 194 Å². The Morgan fingerprint density at radius 2 is 1.58 bits per heavy atom. The Bertz CT molecular complexity index is 1300. The van der Waals surface area contributed by atoms with Crippen LogP contribution in [-0.2, 0) is 27.0 Å². The topological polar surface area (TPSA) is 59.8 Å². The number of aryl methyl sites for hydroxylation is 1. The molecule has 2 heterocycles. The lowest BCUT2D eigenvalue weighted by atomic mass is 9.79. The zero-order valence-corrected chi connectivity index (χ0v) is 19.1. The predicted molar refractivity (Wildman–Crippen MR) is 126 cm³/mol. The zero-order valence-electron chi connectivity index (χ0n) is 18.3. The zero-order chi connectivity index (χ0) is 22.9. The normalized spacial score (nSPS) is 20.9. The van der Waals surface area contributed by atoms with Gasteiger partial charge in [-0.05, 0) is 42.3 Å². The minimum atomic E-state index is -3.75. The van der Waals surface area contributed by atoms with Crippen LogP contribution in [0.4, 0.5) is 0 Å². The van der Waals surface area contributed by atoms with Crippen molar-refractivity contribution in [3.05, 3.63) is 126 Å². The van der Waals surface area contributed by atoms with Crippen molar-refractivity contribution in [1.82, 2.24) is 4.31 Å². The minimum Gasteiger partial charge on any atom is -0.466 e. The summed E-state index contributed by atoms with van der Waals surface area (Å²) in [6.45, 7) is 2.43. The molecule has 0 aliphatic carbocycles. The van der Waals surface area contributed by atoms with Crippen molar-refractivity contribution >= 4 is 10.0 Å². The van der Waals surface area contributed by atoms with Crippen molar-refractivity contribution < 1.29 is 17.6 Å². The monoisotopic (exact) mass is 459 g/mol. The molecule has 0 amide bonds. The molecule has 2 atom stereocenters. The number of benzene rings is 3.